The normalized spacial score (nSPS) is 17.6. The van der Waals surface area contributed by atoms with Gasteiger partial charge in [0.2, 0.25) is 0 Å². The van der Waals surface area contributed by atoms with Crippen molar-refractivity contribution in [2.24, 2.45) is 0 Å². The van der Waals surface area contributed by atoms with Gasteiger partial charge in [-0.05, 0) is 43.6 Å². The number of rotatable bonds is 2. The molecule has 0 saturated carbocycles. The molecule has 0 aliphatic carbocycles. The second-order valence-corrected chi connectivity index (χ2v) is 4.18. The van der Waals surface area contributed by atoms with Crippen LogP contribution in [0.4, 0.5) is 0 Å². The molecule has 0 atom stereocenters. The molecule has 0 spiro atoms. The molecule has 1 aromatic heterocycles. The Bertz CT molecular complexity index is 309. The van der Waals surface area contributed by atoms with Gasteiger partial charge in [-0.2, -0.15) is 0 Å². The third-order valence-electron chi connectivity index (χ3n) is 2.97. The largest absolute Gasteiger partial charge is 0.315 e. The minimum atomic E-state index is 0. The first-order valence-corrected chi connectivity index (χ1v) is 5.69. The predicted octanol–water partition coefficient (Wildman–Crippen LogP) is 1.61. The lowest BCUT2D eigenvalue weighted by Crippen LogP contribution is -2.27. The van der Waals surface area contributed by atoms with Gasteiger partial charge >= 0.3 is 0 Å². The Morgan fingerprint density at radius 1 is 1.38 bits per heavy atom. The lowest BCUT2D eigenvalue weighted by Gasteiger charge is -2.20. The van der Waals surface area contributed by atoms with Gasteiger partial charge in [0.1, 0.15) is 0 Å². The summed E-state index contributed by atoms with van der Waals surface area (Å²) >= 11 is 0. The number of aryl methyl sites for hydroxylation is 1. The number of pyridine rings is 1. The van der Waals surface area contributed by atoms with E-state index in [0.29, 0.717) is 0 Å². The van der Waals surface area contributed by atoms with E-state index in [1.165, 1.54) is 24.1 Å². The summed E-state index contributed by atoms with van der Waals surface area (Å²) in [5.74, 6) is 0. The molecule has 1 aliphatic heterocycles. The van der Waals surface area contributed by atoms with Crippen molar-refractivity contribution in [3.8, 4) is 0 Å². The van der Waals surface area contributed by atoms with Crippen LogP contribution in [0.1, 0.15) is 17.5 Å². The van der Waals surface area contributed by atoms with E-state index in [0.717, 1.165) is 26.2 Å². The zero-order chi connectivity index (χ0) is 10.5. The minimum Gasteiger partial charge on any atom is -0.315 e. The van der Waals surface area contributed by atoms with E-state index in [1.807, 2.05) is 12.4 Å². The van der Waals surface area contributed by atoms with E-state index in [4.69, 9.17) is 0 Å². The summed E-state index contributed by atoms with van der Waals surface area (Å²) in [5, 5.41) is 3.42. The number of nitrogens with zero attached hydrogens (tertiary/aromatic N) is 2. The molecule has 3 nitrogen and oxygen atoms in total. The average molecular weight is 242 g/mol. The maximum atomic E-state index is 4.19. The zero-order valence-corrected chi connectivity index (χ0v) is 10.6. The van der Waals surface area contributed by atoms with Crippen LogP contribution in [0.3, 0.4) is 0 Å². The molecule has 0 unspecified atom stereocenters. The summed E-state index contributed by atoms with van der Waals surface area (Å²) in [5.41, 5.74) is 2.71. The highest BCUT2D eigenvalue weighted by atomic mass is 35.5. The van der Waals surface area contributed by atoms with Crippen LogP contribution in [0.5, 0.6) is 0 Å². The monoisotopic (exact) mass is 241 g/mol. The van der Waals surface area contributed by atoms with Gasteiger partial charge in [-0.3, -0.25) is 9.88 Å². The third-order valence-corrected chi connectivity index (χ3v) is 2.97. The fourth-order valence-corrected chi connectivity index (χ4v) is 1.96. The van der Waals surface area contributed by atoms with E-state index in [9.17, 15) is 0 Å². The van der Waals surface area contributed by atoms with Gasteiger partial charge in [0.25, 0.3) is 0 Å². The fraction of sp³-hybridized carbons (Fsp3) is 0.583. The van der Waals surface area contributed by atoms with Crippen molar-refractivity contribution >= 4 is 12.4 Å². The summed E-state index contributed by atoms with van der Waals surface area (Å²) < 4.78 is 0. The molecular weight excluding hydrogens is 222 g/mol. The van der Waals surface area contributed by atoms with Gasteiger partial charge in [-0.1, -0.05) is 0 Å². The molecule has 0 bridgehead atoms. The second kappa shape index (κ2) is 6.84. The Kier molecular flexibility index (Phi) is 5.74. The molecule has 16 heavy (non-hydrogen) atoms. The van der Waals surface area contributed by atoms with Crippen LogP contribution in [0, 0.1) is 6.92 Å². The van der Waals surface area contributed by atoms with Gasteiger partial charge in [-0.25, -0.2) is 0 Å². The molecule has 2 rings (SSSR count). The highest BCUT2D eigenvalue weighted by Crippen LogP contribution is 2.09. The molecule has 1 N–H and O–H groups in total. The highest BCUT2D eigenvalue weighted by molar-refractivity contribution is 5.85. The highest BCUT2D eigenvalue weighted by Gasteiger charge is 2.09. The Labute approximate surface area is 104 Å². The first-order chi connectivity index (χ1) is 7.36. The zero-order valence-electron chi connectivity index (χ0n) is 9.78. The first-order valence-electron chi connectivity index (χ1n) is 5.69. The summed E-state index contributed by atoms with van der Waals surface area (Å²) in [7, 11) is 0. The van der Waals surface area contributed by atoms with Gasteiger partial charge in [0, 0.05) is 32.0 Å². The van der Waals surface area contributed by atoms with Crippen molar-refractivity contribution in [3.63, 3.8) is 0 Å². The van der Waals surface area contributed by atoms with Gasteiger partial charge < -0.3 is 5.32 Å². The van der Waals surface area contributed by atoms with Crippen LogP contribution in [0.25, 0.3) is 0 Å². The smallest absolute Gasteiger partial charge is 0.0315 e. The van der Waals surface area contributed by atoms with E-state index in [-0.39, 0.29) is 12.4 Å². The summed E-state index contributed by atoms with van der Waals surface area (Å²) in [6.45, 7) is 7.81. The maximum Gasteiger partial charge on any atom is 0.0315 e. The molecule has 0 amide bonds. The number of hydrogen-bond donors (Lipinski definition) is 1. The van der Waals surface area contributed by atoms with E-state index in [1.54, 1.807) is 0 Å². The molecule has 1 aliphatic rings. The van der Waals surface area contributed by atoms with Crippen molar-refractivity contribution in [3.05, 3.63) is 29.6 Å². The standard InChI is InChI=1S/C12H19N3.ClH/c1-11-3-5-14-9-12(11)10-15-7-2-4-13-6-8-15;/h3,5,9,13H,2,4,6-8,10H2,1H3;1H. The topological polar surface area (TPSA) is 28.2 Å². The maximum absolute atomic E-state index is 4.19. The molecule has 4 heteroatoms. The number of halogens is 1. The molecule has 2 heterocycles. The second-order valence-electron chi connectivity index (χ2n) is 4.18. The van der Waals surface area contributed by atoms with Crippen molar-refractivity contribution in [1.82, 2.24) is 15.2 Å². The predicted molar refractivity (Wildman–Crippen MR) is 69.0 cm³/mol. The Balaban J connectivity index is 0.00000128. The molecule has 0 aromatic carbocycles. The summed E-state index contributed by atoms with van der Waals surface area (Å²) in [6, 6.07) is 2.09. The quantitative estimate of drug-likeness (QED) is 0.853. The minimum absolute atomic E-state index is 0. The number of nitrogens with one attached hydrogen (secondary N) is 1. The number of aromatic nitrogens is 1. The molecule has 1 fully saturated rings. The fourth-order valence-electron chi connectivity index (χ4n) is 1.96. The molecule has 1 aromatic rings. The van der Waals surface area contributed by atoms with E-state index in [2.05, 4.69) is 28.2 Å². The van der Waals surface area contributed by atoms with Gasteiger partial charge in [0.05, 0.1) is 0 Å². The van der Waals surface area contributed by atoms with Crippen molar-refractivity contribution in [2.75, 3.05) is 26.2 Å². The Morgan fingerprint density at radius 3 is 3.06 bits per heavy atom. The average Bonchev–Trinajstić information content (AvgIpc) is 2.50. The molecule has 1 saturated heterocycles. The van der Waals surface area contributed by atoms with Gasteiger partial charge in [0.15, 0.2) is 0 Å². The SMILES string of the molecule is Cc1ccncc1CN1CCCNCC1.Cl. The van der Waals surface area contributed by atoms with Crippen LogP contribution >= 0.6 is 12.4 Å². The molecule has 90 valence electrons. The van der Waals surface area contributed by atoms with Crippen molar-refractivity contribution in [1.29, 1.82) is 0 Å². The van der Waals surface area contributed by atoms with Gasteiger partial charge in [-0.15, -0.1) is 12.4 Å². The summed E-state index contributed by atoms with van der Waals surface area (Å²) in [6.07, 6.45) is 5.11. The molecule has 0 radical (unpaired) electrons. The molecular formula is C12H20ClN3. The van der Waals surface area contributed by atoms with E-state index < -0.39 is 0 Å². The lowest BCUT2D eigenvalue weighted by atomic mass is 10.1. The van der Waals surface area contributed by atoms with Crippen molar-refractivity contribution in [2.45, 2.75) is 19.9 Å². The number of hydrogen-bond acceptors (Lipinski definition) is 3. The van der Waals surface area contributed by atoms with Crippen LogP contribution < -0.4 is 5.32 Å². The third kappa shape index (κ3) is 3.74. The lowest BCUT2D eigenvalue weighted by molar-refractivity contribution is 0.283. The van der Waals surface area contributed by atoms with Crippen molar-refractivity contribution < 1.29 is 0 Å². The Hall–Kier alpha value is -0.640. The Morgan fingerprint density at radius 2 is 2.25 bits per heavy atom. The van der Waals surface area contributed by atoms with Crippen LogP contribution in [0.15, 0.2) is 18.5 Å². The summed E-state index contributed by atoms with van der Waals surface area (Å²) in [4.78, 5) is 6.70. The van der Waals surface area contributed by atoms with Crippen LogP contribution in [0.2, 0.25) is 0 Å². The van der Waals surface area contributed by atoms with Crippen LogP contribution in [-0.4, -0.2) is 36.1 Å². The first kappa shape index (κ1) is 13.4. The van der Waals surface area contributed by atoms with Crippen LogP contribution in [-0.2, 0) is 6.54 Å². The van der Waals surface area contributed by atoms with E-state index >= 15 is 0 Å².